The molecule has 3 aromatic rings. The molecule has 0 N–H and O–H groups in total. The number of anilines is 1. The molecule has 1 aliphatic heterocycles. The van der Waals surface area contributed by atoms with Gasteiger partial charge < -0.3 is 9.80 Å². The Morgan fingerprint density at radius 2 is 2.08 bits per heavy atom. The molecule has 1 aliphatic rings. The normalized spacial score (nSPS) is 15.7. The summed E-state index contributed by atoms with van der Waals surface area (Å²) >= 11 is 1.72. The monoisotopic (exact) mass is 341 g/mol. The van der Waals surface area contributed by atoms with E-state index < -0.39 is 0 Å². The van der Waals surface area contributed by atoms with Crippen LogP contribution in [0, 0.1) is 0 Å². The molecule has 1 fully saturated rings. The third-order valence-corrected chi connectivity index (χ3v) is 5.31. The molecular formula is C17H19N5OS. The first-order valence-electron chi connectivity index (χ1n) is 8.08. The molecule has 0 radical (unpaired) electrons. The maximum atomic E-state index is 12.6. The summed E-state index contributed by atoms with van der Waals surface area (Å²) in [6, 6.07) is 5.91. The molecule has 1 amide bonds. The lowest BCUT2D eigenvalue weighted by Crippen LogP contribution is -2.35. The first-order valence-corrected chi connectivity index (χ1v) is 8.96. The van der Waals surface area contributed by atoms with Crippen LogP contribution < -0.4 is 4.90 Å². The SMILES string of the molecule is Cn1ccc(C(=O)N2CCCN(c3ccnc4ccsc34)CC2)n1. The van der Waals surface area contributed by atoms with Crippen molar-refractivity contribution in [2.24, 2.45) is 7.05 Å². The highest BCUT2D eigenvalue weighted by atomic mass is 32.1. The van der Waals surface area contributed by atoms with E-state index in [-0.39, 0.29) is 5.91 Å². The molecule has 0 spiro atoms. The van der Waals surface area contributed by atoms with Gasteiger partial charge in [0.2, 0.25) is 0 Å². The van der Waals surface area contributed by atoms with Crippen molar-refractivity contribution in [2.75, 3.05) is 31.1 Å². The van der Waals surface area contributed by atoms with Crippen LogP contribution in [0.4, 0.5) is 5.69 Å². The Balaban J connectivity index is 1.52. The van der Waals surface area contributed by atoms with Crippen molar-refractivity contribution in [3.05, 3.63) is 41.7 Å². The van der Waals surface area contributed by atoms with E-state index in [2.05, 4.69) is 32.5 Å². The zero-order valence-corrected chi connectivity index (χ0v) is 14.4. The average molecular weight is 341 g/mol. The Kier molecular flexibility index (Phi) is 3.93. The summed E-state index contributed by atoms with van der Waals surface area (Å²) in [6.45, 7) is 3.26. The van der Waals surface area contributed by atoms with Gasteiger partial charge in [-0.3, -0.25) is 14.5 Å². The van der Waals surface area contributed by atoms with Gasteiger partial charge in [-0.05, 0) is 30.0 Å². The van der Waals surface area contributed by atoms with Gasteiger partial charge in [0.1, 0.15) is 5.69 Å². The minimum absolute atomic E-state index is 0.0217. The lowest BCUT2D eigenvalue weighted by atomic mass is 10.3. The summed E-state index contributed by atoms with van der Waals surface area (Å²) in [5, 5.41) is 6.31. The number of hydrogen-bond donors (Lipinski definition) is 0. The first-order chi connectivity index (χ1) is 11.7. The molecule has 6 nitrogen and oxygen atoms in total. The van der Waals surface area contributed by atoms with Crippen LogP contribution in [0.2, 0.25) is 0 Å². The number of aryl methyl sites for hydroxylation is 1. The predicted molar refractivity (Wildman–Crippen MR) is 95.6 cm³/mol. The van der Waals surface area contributed by atoms with E-state index in [1.165, 1.54) is 10.4 Å². The fraction of sp³-hybridized carbons (Fsp3) is 0.353. The van der Waals surface area contributed by atoms with E-state index in [0.717, 1.165) is 31.6 Å². The summed E-state index contributed by atoms with van der Waals surface area (Å²) < 4.78 is 2.89. The van der Waals surface area contributed by atoms with Gasteiger partial charge in [0.25, 0.3) is 5.91 Å². The average Bonchev–Trinajstić information content (AvgIpc) is 3.17. The van der Waals surface area contributed by atoms with Gasteiger partial charge in [0.05, 0.1) is 15.9 Å². The Hall–Kier alpha value is -2.41. The number of carbonyl (C=O) groups excluding carboxylic acids is 1. The highest BCUT2D eigenvalue weighted by molar-refractivity contribution is 7.17. The van der Waals surface area contributed by atoms with Crippen molar-refractivity contribution in [3.8, 4) is 0 Å². The van der Waals surface area contributed by atoms with E-state index in [4.69, 9.17) is 0 Å². The molecule has 0 saturated carbocycles. The molecule has 7 heteroatoms. The van der Waals surface area contributed by atoms with Crippen molar-refractivity contribution in [1.29, 1.82) is 0 Å². The fourth-order valence-electron chi connectivity index (χ4n) is 3.16. The second-order valence-corrected chi connectivity index (χ2v) is 6.89. The van der Waals surface area contributed by atoms with E-state index in [1.54, 1.807) is 22.1 Å². The van der Waals surface area contributed by atoms with Crippen LogP contribution in [-0.4, -0.2) is 51.8 Å². The summed E-state index contributed by atoms with van der Waals surface area (Å²) in [7, 11) is 1.83. The number of rotatable bonds is 2. The van der Waals surface area contributed by atoms with Crippen LogP contribution in [0.25, 0.3) is 10.2 Å². The molecule has 24 heavy (non-hydrogen) atoms. The second-order valence-electron chi connectivity index (χ2n) is 5.97. The van der Waals surface area contributed by atoms with Crippen molar-refractivity contribution >= 4 is 33.1 Å². The highest BCUT2D eigenvalue weighted by Crippen LogP contribution is 2.30. The molecule has 4 heterocycles. The van der Waals surface area contributed by atoms with Gasteiger partial charge in [-0.1, -0.05) is 0 Å². The maximum Gasteiger partial charge on any atom is 0.274 e. The van der Waals surface area contributed by atoms with Crippen LogP contribution in [0.3, 0.4) is 0 Å². The van der Waals surface area contributed by atoms with Gasteiger partial charge in [0, 0.05) is 45.6 Å². The lowest BCUT2D eigenvalue weighted by Gasteiger charge is -2.23. The molecule has 0 aliphatic carbocycles. The number of carbonyl (C=O) groups is 1. The number of thiophene rings is 1. The number of fused-ring (bicyclic) bond motifs is 1. The maximum absolute atomic E-state index is 12.6. The third-order valence-electron chi connectivity index (χ3n) is 4.38. The number of hydrogen-bond acceptors (Lipinski definition) is 5. The van der Waals surface area contributed by atoms with Crippen molar-refractivity contribution in [3.63, 3.8) is 0 Å². The van der Waals surface area contributed by atoms with E-state index in [0.29, 0.717) is 12.2 Å². The van der Waals surface area contributed by atoms with E-state index in [9.17, 15) is 4.79 Å². The van der Waals surface area contributed by atoms with Crippen LogP contribution in [-0.2, 0) is 7.05 Å². The summed E-state index contributed by atoms with van der Waals surface area (Å²) in [5.41, 5.74) is 2.79. The third kappa shape index (κ3) is 2.75. The standard InChI is InChI=1S/C17H19N5OS/c1-20-9-4-14(19-20)17(23)22-8-2-7-21(10-11-22)15-3-6-18-13-5-12-24-16(13)15/h3-6,9,12H,2,7-8,10-11H2,1H3. The van der Waals surface area contributed by atoms with Crippen molar-refractivity contribution < 1.29 is 4.79 Å². The Labute approximate surface area is 144 Å². The summed E-state index contributed by atoms with van der Waals surface area (Å²) in [5.74, 6) is 0.0217. The zero-order valence-electron chi connectivity index (χ0n) is 13.6. The number of nitrogens with zero attached hydrogens (tertiary/aromatic N) is 5. The van der Waals surface area contributed by atoms with Gasteiger partial charge in [-0.2, -0.15) is 5.10 Å². The topological polar surface area (TPSA) is 54.3 Å². The molecule has 0 bridgehead atoms. The van der Waals surface area contributed by atoms with Gasteiger partial charge in [-0.15, -0.1) is 11.3 Å². The molecule has 4 rings (SSSR count). The van der Waals surface area contributed by atoms with Crippen LogP contribution in [0.1, 0.15) is 16.9 Å². The smallest absolute Gasteiger partial charge is 0.274 e. The first kappa shape index (κ1) is 15.1. The second kappa shape index (κ2) is 6.24. The van der Waals surface area contributed by atoms with Crippen molar-refractivity contribution in [2.45, 2.75) is 6.42 Å². The molecular weight excluding hydrogens is 322 g/mol. The molecule has 0 atom stereocenters. The zero-order chi connectivity index (χ0) is 16.5. The summed E-state index contributed by atoms with van der Waals surface area (Å²) in [6.07, 6.45) is 4.63. The Morgan fingerprint density at radius 1 is 1.17 bits per heavy atom. The Morgan fingerprint density at radius 3 is 2.92 bits per heavy atom. The van der Waals surface area contributed by atoms with Crippen molar-refractivity contribution in [1.82, 2.24) is 19.7 Å². The summed E-state index contributed by atoms with van der Waals surface area (Å²) in [4.78, 5) is 21.3. The molecule has 3 aromatic heterocycles. The Bertz CT molecular complexity index is 871. The quantitative estimate of drug-likeness (QED) is 0.718. The largest absolute Gasteiger partial charge is 0.368 e. The van der Waals surface area contributed by atoms with E-state index in [1.807, 2.05) is 24.3 Å². The molecule has 124 valence electrons. The number of amides is 1. The minimum atomic E-state index is 0.0217. The highest BCUT2D eigenvalue weighted by Gasteiger charge is 2.22. The fourth-order valence-corrected chi connectivity index (χ4v) is 4.05. The van der Waals surface area contributed by atoms with Crippen LogP contribution >= 0.6 is 11.3 Å². The van der Waals surface area contributed by atoms with Crippen LogP contribution in [0.15, 0.2) is 36.0 Å². The van der Waals surface area contributed by atoms with Gasteiger partial charge in [-0.25, -0.2) is 0 Å². The number of pyridine rings is 1. The molecule has 0 unspecified atom stereocenters. The van der Waals surface area contributed by atoms with Gasteiger partial charge >= 0.3 is 0 Å². The molecule has 0 aromatic carbocycles. The van der Waals surface area contributed by atoms with Crippen LogP contribution in [0.5, 0.6) is 0 Å². The predicted octanol–water partition coefficient (Wildman–Crippen LogP) is 2.38. The minimum Gasteiger partial charge on any atom is -0.368 e. The van der Waals surface area contributed by atoms with Gasteiger partial charge in [0.15, 0.2) is 0 Å². The molecule has 1 saturated heterocycles. The lowest BCUT2D eigenvalue weighted by molar-refractivity contribution is 0.0760. The number of aromatic nitrogens is 3. The van der Waals surface area contributed by atoms with E-state index >= 15 is 0 Å².